The number of fused-ring (bicyclic) bond motifs is 2. The van der Waals surface area contributed by atoms with Gasteiger partial charge in [0, 0.05) is 65.0 Å². The van der Waals surface area contributed by atoms with E-state index in [4.69, 9.17) is 23.7 Å². The number of aliphatic hydroxyl groups excluding tert-OH is 4. The first-order chi connectivity index (χ1) is 17.8. The minimum absolute atomic E-state index is 0.0174. The molecule has 11 heteroatoms. The van der Waals surface area contributed by atoms with Gasteiger partial charge in [0.05, 0.1) is 30.5 Å². The van der Waals surface area contributed by atoms with E-state index >= 15 is 0 Å². The van der Waals surface area contributed by atoms with Crippen LogP contribution >= 0.6 is 0 Å². The van der Waals surface area contributed by atoms with Gasteiger partial charge in [-0.25, -0.2) is 4.79 Å². The highest BCUT2D eigenvalue weighted by Crippen LogP contribution is 2.46. The lowest BCUT2D eigenvalue weighted by Gasteiger charge is -2.54. The van der Waals surface area contributed by atoms with E-state index in [0.29, 0.717) is 12.0 Å². The predicted molar refractivity (Wildman–Crippen MR) is 137 cm³/mol. The maximum Gasteiger partial charge on any atom is 0.338 e. The van der Waals surface area contributed by atoms with Crippen molar-refractivity contribution < 1.29 is 54.0 Å². The lowest BCUT2D eigenvalue weighted by molar-refractivity contribution is -0.379. The Hall–Kier alpha value is -1.15. The summed E-state index contributed by atoms with van der Waals surface area (Å²) < 4.78 is 28.3. The third-order valence-corrected chi connectivity index (χ3v) is 8.37. The van der Waals surface area contributed by atoms with E-state index in [2.05, 4.69) is 0 Å². The molecule has 0 amide bonds. The second kappa shape index (κ2) is 14.0. The molecule has 2 saturated heterocycles. The molecule has 2 rings (SSSR count). The summed E-state index contributed by atoms with van der Waals surface area (Å²) in [6, 6.07) is 0. The van der Waals surface area contributed by atoms with Crippen LogP contribution in [0.25, 0.3) is 0 Å². The summed E-state index contributed by atoms with van der Waals surface area (Å²) in [6.45, 7) is 6.81. The van der Waals surface area contributed by atoms with Crippen LogP contribution in [0.4, 0.5) is 0 Å². The van der Waals surface area contributed by atoms with E-state index in [1.807, 2.05) is 13.0 Å². The lowest BCUT2D eigenvalue weighted by Crippen LogP contribution is -2.68. The molecule has 11 nitrogen and oxygen atoms in total. The van der Waals surface area contributed by atoms with E-state index in [0.717, 1.165) is 0 Å². The normalized spacial score (nSPS) is 40.2. The first-order valence-electron chi connectivity index (χ1n) is 13.3. The van der Waals surface area contributed by atoms with Crippen LogP contribution in [-0.2, 0) is 28.5 Å². The molecular formula is C27H48O11. The largest absolute Gasteiger partial charge is 0.456 e. The molecule has 222 valence electrons. The number of esters is 1. The molecule has 10 atom stereocenters. The van der Waals surface area contributed by atoms with Crippen LogP contribution in [0.3, 0.4) is 0 Å². The number of methoxy groups -OCH3 is 3. The average molecular weight is 549 g/mol. The third kappa shape index (κ3) is 7.13. The van der Waals surface area contributed by atoms with Crippen LogP contribution in [0.5, 0.6) is 0 Å². The van der Waals surface area contributed by atoms with Gasteiger partial charge in [-0.2, -0.15) is 0 Å². The Morgan fingerprint density at radius 3 is 2.18 bits per heavy atom. The van der Waals surface area contributed by atoms with Gasteiger partial charge in [-0.3, -0.25) is 0 Å². The van der Waals surface area contributed by atoms with E-state index in [1.54, 1.807) is 20.8 Å². The topological polar surface area (TPSA) is 164 Å². The van der Waals surface area contributed by atoms with Crippen LogP contribution < -0.4 is 0 Å². The second-order valence-electron chi connectivity index (χ2n) is 11.1. The highest BCUT2D eigenvalue weighted by Gasteiger charge is 2.60. The van der Waals surface area contributed by atoms with Crippen LogP contribution in [0.15, 0.2) is 11.6 Å². The number of cyclic esters (lactones) is 1. The van der Waals surface area contributed by atoms with Gasteiger partial charge < -0.3 is 49.2 Å². The predicted octanol–water partition coefficient (Wildman–Crippen LogP) is 0.678. The fourth-order valence-electron chi connectivity index (χ4n) is 5.30. The Balaban J connectivity index is 2.56. The van der Waals surface area contributed by atoms with E-state index in [-0.39, 0.29) is 38.2 Å². The number of ether oxygens (including phenoxy) is 5. The van der Waals surface area contributed by atoms with Crippen molar-refractivity contribution in [2.75, 3.05) is 27.9 Å². The monoisotopic (exact) mass is 548 g/mol. The van der Waals surface area contributed by atoms with Gasteiger partial charge in [-0.15, -0.1) is 0 Å². The first-order valence-corrected chi connectivity index (χ1v) is 13.3. The molecule has 0 aromatic carbocycles. The van der Waals surface area contributed by atoms with E-state index < -0.39 is 66.0 Å². The Morgan fingerprint density at radius 2 is 1.66 bits per heavy atom. The number of hydrogen-bond donors (Lipinski definition) is 5. The summed E-state index contributed by atoms with van der Waals surface area (Å²) in [5, 5.41) is 54.7. The molecule has 5 N–H and O–H groups in total. The Bertz CT molecular complexity index is 783. The third-order valence-electron chi connectivity index (χ3n) is 8.37. The van der Waals surface area contributed by atoms with E-state index in [9.17, 15) is 30.3 Å². The fraction of sp³-hybridized carbons (Fsp3) is 0.889. The van der Waals surface area contributed by atoms with Gasteiger partial charge in [-0.05, 0) is 18.9 Å². The zero-order valence-corrected chi connectivity index (χ0v) is 23.7. The number of rotatable bonds is 7. The molecule has 2 aliphatic rings. The molecule has 2 fully saturated rings. The average Bonchev–Trinajstić information content (AvgIpc) is 2.89. The molecular weight excluding hydrogens is 500 g/mol. The summed E-state index contributed by atoms with van der Waals surface area (Å²) in [5.74, 6) is -3.29. The first kappa shape index (κ1) is 33.1. The Labute approximate surface area is 225 Å². The number of carbonyl (C=O) groups is 1. The molecule has 0 aromatic rings. The SMILES string of the molecule is CC[C@H](/C=C(/C)[C@@H]1C[C@@H](OC)CC(O)C(C)(C)C2(O)O[C@H](C[C@@H](OC)C2O)C[C@@H](OC)[C@H](O)C(=O)O1)CO. The Morgan fingerprint density at radius 1 is 1.05 bits per heavy atom. The second-order valence-corrected chi connectivity index (χ2v) is 11.1. The fourth-order valence-corrected chi connectivity index (χ4v) is 5.30. The molecule has 2 bridgehead atoms. The quantitative estimate of drug-likeness (QED) is 0.224. The highest BCUT2D eigenvalue weighted by atomic mass is 16.7. The molecule has 0 radical (unpaired) electrons. The Kier molecular flexibility index (Phi) is 12.1. The van der Waals surface area contributed by atoms with Crippen LogP contribution in [-0.4, -0.2) is 114 Å². The van der Waals surface area contributed by atoms with Crippen molar-refractivity contribution in [3.8, 4) is 0 Å². The summed E-state index contributed by atoms with van der Waals surface area (Å²) in [5.41, 5.74) is -0.730. The van der Waals surface area contributed by atoms with Crippen molar-refractivity contribution in [1.29, 1.82) is 0 Å². The summed E-state index contributed by atoms with van der Waals surface area (Å²) >= 11 is 0. The van der Waals surface area contributed by atoms with E-state index in [1.165, 1.54) is 21.3 Å². The lowest BCUT2D eigenvalue weighted by atomic mass is 9.70. The van der Waals surface area contributed by atoms with Gasteiger partial charge in [0.15, 0.2) is 6.10 Å². The molecule has 0 spiro atoms. The van der Waals surface area contributed by atoms with Crippen LogP contribution in [0.1, 0.15) is 59.8 Å². The zero-order chi connectivity index (χ0) is 28.8. The zero-order valence-electron chi connectivity index (χ0n) is 23.7. The van der Waals surface area contributed by atoms with Crippen molar-refractivity contribution in [3.63, 3.8) is 0 Å². The summed E-state index contributed by atoms with van der Waals surface area (Å²) in [6.07, 6.45) is -5.71. The van der Waals surface area contributed by atoms with Crippen molar-refractivity contribution in [2.24, 2.45) is 11.3 Å². The van der Waals surface area contributed by atoms with Gasteiger partial charge in [0.1, 0.15) is 12.2 Å². The number of carbonyl (C=O) groups excluding carboxylic acids is 1. The van der Waals surface area contributed by atoms with Crippen LogP contribution in [0, 0.1) is 11.3 Å². The molecule has 2 heterocycles. The molecule has 38 heavy (non-hydrogen) atoms. The molecule has 3 unspecified atom stereocenters. The molecule has 0 saturated carbocycles. The molecule has 2 aliphatic heterocycles. The number of aliphatic hydroxyl groups is 5. The molecule has 0 aromatic heterocycles. The smallest absolute Gasteiger partial charge is 0.338 e. The van der Waals surface area contributed by atoms with Crippen LogP contribution in [0.2, 0.25) is 0 Å². The highest BCUT2D eigenvalue weighted by molar-refractivity contribution is 5.75. The van der Waals surface area contributed by atoms with Gasteiger partial charge in [-0.1, -0.05) is 26.8 Å². The van der Waals surface area contributed by atoms with Gasteiger partial charge in [0.25, 0.3) is 0 Å². The maximum absolute atomic E-state index is 13.1. The minimum atomic E-state index is -2.23. The molecule has 0 aliphatic carbocycles. The maximum atomic E-state index is 13.1. The van der Waals surface area contributed by atoms with Crippen molar-refractivity contribution in [3.05, 3.63) is 11.6 Å². The summed E-state index contributed by atoms with van der Waals surface area (Å²) in [4.78, 5) is 13.1. The number of hydrogen-bond acceptors (Lipinski definition) is 11. The van der Waals surface area contributed by atoms with Gasteiger partial charge >= 0.3 is 5.97 Å². The van der Waals surface area contributed by atoms with Crippen molar-refractivity contribution in [1.82, 2.24) is 0 Å². The van der Waals surface area contributed by atoms with Crippen molar-refractivity contribution >= 4 is 5.97 Å². The standard InChI is InChI=1S/C27H48O11/c1-8-16(14-28)9-15(2)19-10-17(34-5)13-22(29)26(3,4)27(33)24(31)21(36-7)12-18(38-27)11-20(35-6)23(30)25(32)37-19/h9,16-24,28-31,33H,8,10-14H2,1-7H3/b15-9-/t16-,17-,18+,19+,20-,21-,22?,23+,24?,27?/m1/s1. The van der Waals surface area contributed by atoms with Gasteiger partial charge in [0.2, 0.25) is 5.79 Å². The van der Waals surface area contributed by atoms with Crippen molar-refractivity contribution in [2.45, 2.75) is 114 Å². The summed E-state index contributed by atoms with van der Waals surface area (Å²) in [7, 11) is 4.20. The minimum Gasteiger partial charge on any atom is -0.456 e.